The van der Waals surface area contributed by atoms with E-state index >= 15 is 0 Å². The minimum Gasteiger partial charge on any atom is -0.267 e. The van der Waals surface area contributed by atoms with Crippen LogP contribution < -0.4 is 27.8 Å². The third-order valence-corrected chi connectivity index (χ3v) is 8.08. The van der Waals surface area contributed by atoms with Crippen LogP contribution in [0.2, 0.25) is 0 Å². The van der Waals surface area contributed by atoms with Gasteiger partial charge in [-0.15, -0.1) is 0 Å². The second kappa shape index (κ2) is 15.0. The SMILES string of the molecule is O=c1[nH]n(-c2cccc(C(F)(F)F)c2)c(=O)c2ccccc12.O=c1[nH]n(-c2cccc(C(F)(F)F)c2)c(=O)c2ccccc12.O=c1[nH]ncc2ccccc12. The highest BCUT2D eigenvalue weighted by molar-refractivity contribution is 5.81. The number of halogens is 6. The molecule has 8 rings (SSSR count). The molecule has 0 atom stereocenters. The highest BCUT2D eigenvalue weighted by atomic mass is 19.4. The lowest BCUT2D eigenvalue weighted by Crippen LogP contribution is -2.28. The molecule has 0 saturated heterocycles. The third-order valence-electron chi connectivity index (χ3n) is 8.08. The van der Waals surface area contributed by atoms with Crippen LogP contribution in [0.1, 0.15) is 11.1 Å². The lowest BCUT2D eigenvalue weighted by atomic mass is 10.2. The molecule has 0 unspecified atom stereocenters. The van der Waals surface area contributed by atoms with Gasteiger partial charge in [0.1, 0.15) is 0 Å². The fourth-order valence-electron chi connectivity index (χ4n) is 5.44. The number of hydrogen-bond donors (Lipinski definition) is 3. The highest BCUT2D eigenvalue weighted by Crippen LogP contribution is 2.31. The first kappa shape index (κ1) is 37.5. The molecule has 3 N–H and O–H groups in total. The van der Waals surface area contributed by atoms with Crippen molar-refractivity contribution < 1.29 is 26.3 Å². The zero-order chi connectivity index (χ0) is 39.5. The molecule has 0 aliphatic carbocycles. The van der Waals surface area contributed by atoms with Gasteiger partial charge in [0.2, 0.25) is 0 Å². The number of alkyl halides is 6. The molecular formula is C38H24F6N6O5. The average Bonchev–Trinajstić information content (AvgIpc) is 3.18. The Morgan fingerprint density at radius 3 is 1.27 bits per heavy atom. The van der Waals surface area contributed by atoms with Gasteiger partial charge in [-0.2, -0.15) is 31.4 Å². The van der Waals surface area contributed by atoms with Crippen LogP contribution in [0, 0.1) is 0 Å². The van der Waals surface area contributed by atoms with Gasteiger partial charge in [0.05, 0.1) is 50.2 Å². The molecule has 0 aliphatic rings. The minimum absolute atomic E-state index is 0.0531. The average molecular weight is 759 g/mol. The Kier molecular flexibility index (Phi) is 10.2. The van der Waals surface area contributed by atoms with Gasteiger partial charge in [0.25, 0.3) is 27.8 Å². The summed E-state index contributed by atoms with van der Waals surface area (Å²) in [5.41, 5.74) is -4.31. The van der Waals surface area contributed by atoms with Crippen molar-refractivity contribution in [1.82, 2.24) is 29.8 Å². The van der Waals surface area contributed by atoms with Gasteiger partial charge in [0.15, 0.2) is 0 Å². The van der Waals surface area contributed by atoms with Crippen molar-refractivity contribution in [2.45, 2.75) is 12.4 Å². The van der Waals surface area contributed by atoms with Gasteiger partial charge >= 0.3 is 12.4 Å². The van der Waals surface area contributed by atoms with Crippen molar-refractivity contribution in [3.8, 4) is 11.4 Å². The quantitative estimate of drug-likeness (QED) is 0.175. The van der Waals surface area contributed by atoms with Crippen molar-refractivity contribution >= 4 is 32.3 Å². The maximum atomic E-state index is 12.8. The van der Waals surface area contributed by atoms with E-state index in [4.69, 9.17) is 0 Å². The maximum Gasteiger partial charge on any atom is 0.416 e. The summed E-state index contributed by atoms with van der Waals surface area (Å²) in [4.78, 5) is 59.7. The van der Waals surface area contributed by atoms with Crippen LogP contribution in [0.25, 0.3) is 43.7 Å². The lowest BCUT2D eigenvalue weighted by molar-refractivity contribution is -0.138. The third kappa shape index (κ3) is 8.04. The maximum absolute atomic E-state index is 12.8. The Morgan fingerprint density at radius 1 is 0.455 bits per heavy atom. The molecule has 3 heterocycles. The topological polar surface area (TPSA) is 155 Å². The van der Waals surface area contributed by atoms with Crippen LogP contribution in [-0.2, 0) is 12.4 Å². The van der Waals surface area contributed by atoms with Crippen molar-refractivity contribution in [3.63, 3.8) is 0 Å². The molecule has 278 valence electrons. The van der Waals surface area contributed by atoms with Crippen molar-refractivity contribution in [1.29, 1.82) is 0 Å². The van der Waals surface area contributed by atoms with Crippen LogP contribution in [0.15, 0.2) is 151 Å². The second-order valence-electron chi connectivity index (χ2n) is 11.6. The van der Waals surface area contributed by atoms with E-state index in [1.165, 1.54) is 48.5 Å². The first-order valence-corrected chi connectivity index (χ1v) is 15.9. The molecule has 0 aliphatic heterocycles. The largest absolute Gasteiger partial charge is 0.416 e. The summed E-state index contributed by atoms with van der Waals surface area (Å²) < 4.78 is 78.2. The monoisotopic (exact) mass is 758 g/mol. The van der Waals surface area contributed by atoms with Crippen LogP contribution in [-0.4, -0.2) is 29.8 Å². The highest BCUT2D eigenvalue weighted by Gasteiger charge is 2.31. The predicted octanol–water partition coefficient (Wildman–Crippen LogP) is 6.32. The van der Waals surface area contributed by atoms with Gasteiger partial charge in [-0.25, -0.2) is 14.5 Å². The molecule has 5 aromatic carbocycles. The van der Waals surface area contributed by atoms with Crippen LogP contribution in [0.3, 0.4) is 0 Å². The van der Waals surface area contributed by atoms with E-state index in [1.807, 2.05) is 18.2 Å². The Morgan fingerprint density at radius 2 is 0.855 bits per heavy atom. The van der Waals surface area contributed by atoms with Crippen LogP contribution in [0.4, 0.5) is 26.3 Å². The fraction of sp³-hybridized carbons (Fsp3) is 0.0526. The van der Waals surface area contributed by atoms with E-state index < -0.39 is 45.7 Å². The molecule has 11 nitrogen and oxygen atoms in total. The Bertz CT molecular complexity index is 2830. The number of nitrogens with zero attached hydrogens (tertiary/aromatic N) is 3. The normalized spacial score (nSPS) is 11.5. The number of benzene rings is 5. The molecule has 0 saturated carbocycles. The molecule has 8 aromatic rings. The summed E-state index contributed by atoms with van der Waals surface area (Å²) in [5, 5.41) is 12.9. The molecule has 0 bridgehead atoms. The number of H-pyrrole nitrogens is 3. The molecule has 0 fully saturated rings. The number of nitrogens with one attached hydrogen (secondary N) is 3. The number of fused-ring (bicyclic) bond motifs is 3. The van der Waals surface area contributed by atoms with Gasteiger partial charge in [-0.05, 0) is 66.7 Å². The predicted molar refractivity (Wildman–Crippen MR) is 193 cm³/mol. The lowest BCUT2D eigenvalue weighted by Gasteiger charge is -2.10. The van der Waals surface area contributed by atoms with E-state index in [0.717, 1.165) is 39.0 Å². The van der Waals surface area contributed by atoms with Gasteiger partial charge in [-0.3, -0.25) is 34.2 Å². The Hall–Kier alpha value is -7.30. The summed E-state index contributed by atoms with van der Waals surface area (Å²) in [5.74, 6) is 0. The molecule has 0 amide bonds. The molecule has 3 aromatic heterocycles. The standard InChI is InChI=1S/2C15H9F3N2O2.C8H6N2O/c2*16-15(17,18)9-4-3-5-10(8-9)20-14(22)12-7-2-1-6-11(12)13(21)19-20;11-8-7-4-2-1-3-6(7)5-9-10-8/h2*1-8H,(H,19,21);1-5H,(H,10,11). The van der Waals surface area contributed by atoms with Gasteiger partial charge in [0, 0.05) is 10.8 Å². The zero-order valence-electron chi connectivity index (χ0n) is 27.8. The summed E-state index contributed by atoms with van der Waals surface area (Å²) >= 11 is 0. The van der Waals surface area contributed by atoms with Gasteiger partial charge < -0.3 is 0 Å². The van der Waals surface area contributed by atoms with E-state index in [9.17, 15) is 50.3 Å². The zero-order valence-corrected chi connectivity index (χ0v) is 27.8. The van der Waals surface area contributed by atoms with Crippen LogP contribution >= 0.6 is 0 Å². The molecule has 17 heteroatoms. The summed E-state index contributed by atoms with van der Waals surface area (Å²) in [6.45, 7) is 0. The van der Waals surface area contributed by atoms with Crippen molar-refractivity contribution in [3.05, 3.63) is 190 Å². The molecular weight excluding hydrogens is 734 g/mol. The Balaban J connectivity index is 0.000000148. The Labute approximate surface area is 302 Å². The summed E-state index contributed by atoms with van der Waals surface area (Å²) in [6, 6.07) is 28.0. The first-order chi connectivity index (χ1) is 26.1. The second-order valence-corrected chi connectivity index (χ2v) is 11.6. The minimum atomic E-state index is -4.53. The number of aromatic nitrogens is 6. The van der Waals surface area contributed by atoms with E-state index in [1.54, 1.807) is 36.5 Å². The summed E-state index contributed by atoms with van der Waals surface area (Å²) in [7, 11) is 0. The van der Waals surface area contributed by atoms with Gasteiger partial charge in [-0.1, -0.05) is 54.6 Å². The fourth-order valence-corrected chi connectivity index (χ4v) is 5.44. The molecule has 55 heavy (non-hydrogen) atoms. The number of hydrogen-bond acceptors (Lipinski definition) is 6. The summed E-state index contributed by atoms with van der Waals surface area (Å²) in [6.07, 6.45) is -7.43. The first-order valence-electron chi connectivity index (χ1n) is 15.9. The molecule has 0 radical (unpaired) electrons. The van der Waals surface area contributed by atoms with Crippen molar-refractivity contribution in [2.75, 3.05) is 0 Å². The van der Waals surface area contributed by atoms with Crippen LogP contribution in [0.5, 0.6) is 0 Å². The smallest absolute Gasteiger partial charge is 0.267 e. The number of aromatic amines is 3. The van der Waals surface area contributed by atoms with E-state index in [-0.39, 0.29) is 38.5 Å². The molecule has 0 spiro atoms. The van der Waals surface area contributed by atoms with E-state index in [2.05, 4.69) is 20.4 Å². The van der Waals surface area contributed by atoms with E-state index in [0.29, 0.717) is 5.39 Å². The van der Waals surface area contributed by atoms with Crippen molar-refractivity contribution in [2.24, 2.45) is 0 Å². The number of rotatable bonds is 2.